The number of rotatable bonds is 1. The first-order valence-corrected chi connectivity index (χ1v) is 3.93. The van der Waals surface area contributed by atoms with Gasteiger partial charge in [-0.05, 0) is 12.1 Å². The maximum Gasteiger partial charge on any atom is 1.00 e. The van der Waals surface area contributed by atoms with Crippen molar-refractivity contribution in [3.63, 3.8) is 0 Å². The quantitative estimate of drug-likeness (QED) is 0.402. The molecule has 0 aliphatic carbocycles. The molecule has 5 nitrogen and oxygen atoms in total. The summed E-state index contributed by atoms with van der Waals surface area (Å²) in [6.07, 6.45) is 1.29. The van der Waals surface area contributed by atoms with Gasteiger partial charge in [0.05, 0.1) is 0 Å². The maximum atomic E-state index is 10.3. The van der Waals surface area contributed by atoms with Crippen LogP contribution in [-0.2, 0) is 10.1 Å². The molecular weight excluding hydrogens is 209 g/mol. The summed E-state index contributed by atoms with van der Waals surface area (Å²) in [5.74, 6) is 0. The molecule has 0 radical (unpaired) electrons. The van der Waals surface area contributed by atoms with Gasteiger partial charge in [-0.3, -0.25) is 4.55 Å². The smallest absolute Gasteiger partial charge is 0.870 e. The normalized spacial score (nSPS) is 9.42. The van der Waals surface area contributed by atoms with Crippen molar-refractivity contribution in [3.8, 4) is 0 Å². The molecule has 0 saturated carbocycles. The second-order valence-corrected chi connectivity index (χ2v) is 3.01. The Morgan fingerprint density at radius 2 is 1.92 bits per heavy atom. The first-order valence-electron chi connectivity index (χ1n) is 2.49. The zero-order valence-electron chi connectivity index (χ0n) is 6.38. The van der Waals surface area contributed by atoms with Crippen LogP contribution in [0.15, 0.2) is 29.4 Å². The Bertz CT molecular complexity index is 311. The van der Waals surface area contributed by atoms with Crippen LogP contribution in [0, 0.1) is 0 Å². The predicted octanol–water partition coefficient (Wildman–Crippen LogP) is -2.84. The Kier molecular flexibility index (Phi) is 7.78. The minimum absolute atomic E-state index is 0. The van der Waals surface area contributed by atoms with Gasteiger partial charge in [-0.1, -0.05) is 6.07 Å². The average molecular weight is 215 g/mol. The molecule has 0 amide bonds. The molecule has 1 aromatic heterocycles. The molecule has 0 bridgehead atoms. The number of hydrogen-bond acceptors (Lipinski definition) is 4. The van der Waals surface area contributed by atoms with Crippen LogP contribution in [0.25, 0.3) is 0 Å². The van der Waals surface area contributed by atoms with Crippen LogP contribution in [0.3, 0.4) is 0 Å². The number of nitrogens with zero attached hydrogens (tertiary/aromatic N) is 1. The topological polar surface area (TPSA) is 97.3 Å². The predicted molar refractivity (Wildman–Crippen MR) is 36.0 cm³/mol. The molecule has 12 heavy (non-hydrogen) atoms. The molecule has 0 spiro atoms. The molecule has 0 saturated heterocycles. The van der Waals surface area contributed by atoms with Crippen LogP contribution in [-0.4, -0.2) is 23.4 Å². The number of pyridine rings is 1. The molecule has 2 N–H and O–H groups in total. The van der Waals surface area contributed by atoms with Gasteiger partial charge < -0.3 is 5.48 Å². The number of aromatic nitrogens is 1. The van der Waals surface area contributed by atoms with Crippen molar-refractivity contribution in [3.05, 3.63) is 24.4 Å². The van der Waals surface area contributed by atoms with Gasteiger partial charge in [0.25, 0.3) is 0 Å². The molecule has 62 valence electrons. The van der Waals surface area contributed by atoms with Crippen molar-refractivity contribution in [2.24, 2.45) is 0 Å². The van der Waals surface area contributed by atoms with Crippen molar-refractivity contribution in [2.75, 3.05) is 0 Å². The van der Waals surface area contributed by atoms with Crippen LogP contribution in [0.5, 0.6) is 0 Å². The molecule has 0 unspecified atom stereocenters. The van der Waals surface area contributed by atoms with Gasteiger partial charge in [0, 0.05) is 6.20 Å². The maximum absolute atomic E-state index is 10.3. The third kappa shape index (κ3) is 4.63. The fourth-order valence-electron chi connectivity index (χ4n) is 0.500. The van der Waals surface area contributed by atoms with Gasteiger partial charge in [-0.25, -0.2) is 4.98 Å². The van der Waals surface area contributed by atoms with E-state index in [1.807, 2.05) is 0 Å². The Morgan fingerprint density at radius 3 is 2.17 bits per heavy atom. The van der Waals surface area contributed by atoms with Gasteiger partial charge >= 0.3 is 61.5 Å². The molecule has 1 rings (SSSR count). The molecular formula is C5H6KNO4S. The van der Waals surface area contributed by atoms with Crippen molar-refractivity contribution in [1.29, 1.82) is 0 Å². The van der Waals surface area contributed by atoms with Gasteiger partial charge in [0.15, 0.2) is 5.03 Å². The number of hydrogen-bond donors (Lipinski definition) is 1. The van der Waals surface area contributed by atoms with Crippen molar-refractivity contribution in [2.45, 2.75) is 5.03 Å². The first kappa shape index (κ1) is 15.1. The third-order valence-corrected chi connectivity index (χ3v) is 1.67. The van der Waals surface area contributed by atoms with Gasteiger partial charge in [-0.15, -0.1) is 0 Å². The van der Waals surface area contributed by atoms with Crippen molar-refractivity contribution < 1.29 is 69.8 Å². The molecule has 0 aromatic carbocycles. The van der Waals surface area contributed by atoms with E-state index >= 15 is 0 Å². The monoisotopic (exact) mass is 215 g/mol. The van der Waals surface area contributed by atoms with Crippen molar-refractivity contribution in [1.82, 2.24) is 4.98 Å². The minimum atomic E-state index is -4.11. The minimum Gasteiger partial charge on any atom is -0.870 e. The Morgan fingerprint density at radius 1 is 1.33 bits per heavy atom. The van der Waals surface area contributed by atoms with E-state index in [1.165, 1.54) is 18.3 Å². The van der Waals surface area contributed by atoms with E-state index in [0.717, 1.165) is 0 Å². The summed E-state index contributed by atoms with van der Waals surface area (Å²) in [6.45, 7) is 0. The summed E-state index contributed by atoms with van der Waals surface area (Å²) >= 11 is 0. The molecule has 0 aliphatic heterocycles. The molecule has 0 atom stereocenters. The SMILES string of the molecule is O=S(=O)(O)c1ccccn1.[K+].[OH-]. The Hall–Kier alpha value is 0.656. The van der Waals surface area contributed by atoms with Crippen LogP contribution in [0.4, 0.5) is 0 Å². The summed E-state index contributed by atoms with van der Waals surface area (Å²) in [5.41, 5.74) is 0. The Labute approximate surface area is 113 Å². The van der Waals surface area contributed by atoms with E-state index in [0.29, 0.717) is 0 Å². The fourth-order valence-corrected chi connectivity index (χ4v) is 0.944. The average Bonchev–Trinajstić information content (AvgIpc) is 1.88. The van der Waals surface area contributed by atoms with E-state index in [9.17, 15) is 8.42 Å². The zero-order valence-corrected chi connectivity index (χ0v) is 10.3. The van der Waals surface area contributed by atoms with E-state index in [2.05, 4.69) is 4.98 Å². The van der Waals surface area contributed by atoms with Crippen LogP contribution in [0.1, 0.15) is 0 Å². The molecule has 7 heteroatoms. The van der Waals surface area contributed by atoms with Gasteiger partial charge in [0.2, 0.25) is 0 Å². The van der Waals surface area contributed by atoms with Crippen molar-refractivity contribution >= 4 is 10.1 Å². The van der Waals surface area contributed by atoms with E-state index in [1.54, 1.807) is 6.07 Å². The molecule has 1 heterocycles. The second-order valence-electron chi connectivity index (χ2n) is 1.64. The summed E-state index contributed by atoms with van der Waals surface area (Å²) in [7, 11) is -4.11. The standard InChI is InChI=1S/C5H5NO3S.K.H2O/c7-10(8,9)5-3-1-2-4-6-5;;/h1-4H,(H,7,8,9);;1H2/q;+1;/p-1. The Balaban J connectivity index is 0. The van der Waals surface area contributed by atoms with E-state index in [-0.39, 0.29) is 61.9 Å². The second kappa shape index (κ2) is 6.16. The van der Waals surface area contributed by atoms with E-state index in [4.69, 9.17) is 4.55 Å². The summed E-state index contributed by atoms with van der Waals surface area (Å²) < 4.78 is 29.1. The van der Waals surface area contributed by atoms with Gasteiger partial charge in [-0.2, -0.15) is 8.42 Å². The summed E-state index contributed by atoms with van der Waals surface area (Å²) in [5, 5.41) is -0.324. The van der Waals surface area contributed by atoms with E-state index < -0.39 is 10.1 Å². The summed E-state index contributed by atoms with van der Waals surface area (Å²) in [6, 6.07) is 4.26. The van der Waals surface area contributed by atoms with Crippen LogP contribution >= 0.6 is 0 Å². The summed E-state index contributed by atoms with van der Waals surface area (Å²) in [4.78, 5) is 3.41. The zero-order chi connectivity index (χ0) is 7.61. The first-order chi connectivity index (χ1) is 4.61. The third-order valence-electron chi connectivity index (χ3n) is 0.902. The molecule has 1 aromatic rings. The largest absolute Gasteiger partial charge is 1.00 e. The van der Waals surface area contributed by atoms with Crippen LogP contribution in [0.2, 0.25) is 0 Å². The van der Waals surface area contributed by atoms with Gasteiger partial charge in [0.1, 0.15) is 0 Å². The molecule has 0 fully saturated rings. The van der Waals surface area contributed by atoms with Crippen LogP contribution < -0.4 is 51.4 Å². The molecule has 0 aliphatic rings. The fraction of sp³-hybridized carbons (Fsp3) is 0.